The maximum absolute atomic E-state index is 11.5. The van der Waals surface area contributed by atoms with E-state index in [-0.39, 0.29) is 11.5 Å². The number of pyridine rings is 1. The average Bonchev–Trinajstić information content (AvgIpc) is 2.74. The summed E-state index contributed by atoms with van der Waals surface area (Å²) < 4.78 is 0.936. The minimum atomic E-state index is -0.102. The van der Waals surface area contributed by atoms with E-state index in [1.165, 1.54) is 30.4 Å². The lowest BCUT2D eigenvalue weighted by Crippen LogP contribution is -2.44. The van der Waals surface area contributed by atoms with Crippen molar-refractivity contribution in [2.45, 2.75) is 57.5 Å². The van der Waals surface area contributed by atoms with Crippen LogP contribution in [-0.4, -0.2) is 11.2 Å². The topological polar surface area (TPSA) is 47.2 Å². The summed E-state index contributed by atoms with van der Waals surface area (Å²) in [6.45, 7) is 2.30. The molecule has 0 saturated heterocycles. The number of hydrogen-bond acceptors (Lipinski definition) is 2. The van der Waals surface area contributed by atoms with Crippen molar-refractivity contribution in [1.82, 2.24) is 0 Å². The van der Waals surface area contributed by atoms with Crippen LogP contribution in [-0.2, 0) is 6.42 Å². The Morgan fingerprint density at radius 1 is 1.30 bits per heavy atom. The van der Waals surface area contributed by atoms with E-state index >= 15 is 0 Å². The molecule has 0 aliphatic heterocycles. The summed E-state index contributed by atoms with van der Waals surface area (Å²) in [5.41, 5.74) is 2.81. The van der Waals surface area contributed by atoms with Crippen molar-refractivity contribution >= 4 is 0 Å². The van der Waals surface area contributed by atoms with Gasteiger partial charge in [0, 0.05) is 11.6 Å². The quantitative estimate of drug-likeness (QED) is 0.583. The van der Waals surface area contributed by atoms with E-state index in [2.05, 4.69) is 6.92 Å². The number of nitrogens with zero attached hydrogens (tertiary/aromatic N) is 1. The van der Waals surface area contributed by atoms with Gasteiger partial charge in [0.2, 0.25) is 0 Å². The number of fused-ring (bicyclic) bond motifs is 5. The minimum absolute atomic E-state index is 0.102. The highest BCUT2D eigenvalue weighted by molar-refractivity contribution is 5.31. The van der Waals surface area contributed by atoms with Gasteiger partial charge in [0.05, 0.1) is 6.10 Å². The van der Waals surface area contributed by atoms with E-state index in [9.17, 15) is 10.3 Å². The van der Waals surface area contributed by atoms with Gasteiger partial charge in [-0.25, -0.2) is 0 Å². The summed E-state index contributed by atoms with van der Waals surface area (Å²) in [6, 6.07) is 2.05. The van der Waals surface area contributed by atoms with Crippen molar-refractivity contribution < 1.29 is 9.84 Å². The first kappa shape index (κ1) is 12.6. The van der Waals surface area contributed by atoms with Gasteiger partial charge >= 0.3 is 0 Å². The third-order valence-electron chi connectivity index (χ3n) is 6.59. The number of aliphatic hydroxyl groups excluding tert-OH is 1. The van der Waals surface area contributed by atoms with Crippen molar-refractivity contribution in [1.29, 1.82) is 0 Å². The monoisotopic (exact) mass is 273 g/mol. The molecule has 3 nitrogen and oxygen atoms in total. The molecule has 1 heterocycles. The SMILES string of the molecule is C[C@]12CC[C@@H]3c4cc[n+]([O-])cc4CC[C@H]3[C@@H]1CC[C@@H]2O. The van der Waals surface area contributed by atoms with E-state index < -0.39 is 0 Å². The van der Waals surface area contributed by atoms with E-state index in [0.29, 0.717) is 17.8 Å². The van der Waals surface area contributed by atoms with Crippen molar-refractivity contribution in [2.24, 2.45) is 17.3 Å². The van der Waals surface area contributed by atoms with Gasteiger partial charge < -0.3 is 10.3 Å². The van der Waals surface area contributed by atoms with E-state index in [1.54, 1.807) is 12.4 Å². The largest absolute Gasteiger partial charge is 0.619 e. The van der Waals surface area contributed by atoms with E-state index in [4.69, 9.17) is 0 Å². The van der Waals surface area contributed by atoms with Crippen LogP contribution in [0.5, 0.6) is 0 Å². The Kier molecular flexibility index (Phi) is 2.65. The molecule has 108 valence electrons. The fourth-order valence-electron chi connectivity index (χ4n) is 5.47. The van der Waals surface area contributed by atoms with Crippen molar-refractivity contribution in [2.75, 3.05) is 0 Å². The zero-order valence-electron chi connectivity index (χ0n) is 12.1. The van der Waals surface area contributed by atoms with Crippen molar-refractivity contribution in [3.05, 3.63) is 34.8 Å². The first-order valence-electron chi connectivity index (χ1n) is 7.99. The molecule has 1 aromatic rings. The second-order valence-corrected chi connectivity index (χ2v) is 7.34. The molecule has 0 radical (unpaired) electrons. The Morgan fingerprint density at radius 3 is 3.00 bits per heavy atom. The smallest absolute Gasteiger partial charge is 0.183 e. The van der Waals surface area contributed by atoms with Gasteiger partial charge in [-0.05, 0) is 67.3 Å². The number of aryl methyl sites for hydroxylation is 1. The second-order valence-electron chi connectivity index (χ2n) is 7.34. The van der Waals surface area contributed by atoms with Crippen LogP contribution in [0.2, 0.25) is 0 Å². The number of hydrogen-bond donors (Lipinski definition) is 1. The lowest BCUT2D eigenvalue weighted by molar-refractivity contribution is -0.606. The zero-order chi connectivity index (χ0) is 13.9. The molecular weight excluding hydrogens is 250 g/mol. The number of aliphatic hydroxyl groups is 1. The summed E-state index contributed by atoms with van der Waals surface area (Å²) in [5.74, 6) is 1.99. The summed E-state index contributed by atoms with van der Waals surface area (Å²) in [6.07, 6.45) is 10.00. The summed E-state index contributed by atoms with van der Waals surface area (Å²) in [7, 11) is 0. The standard InChI is InChI=1S/C17H23NO2/c1-17-8-6-13-12-7-9-18(20)10-11(12)2-3-14(13)15(17)4-5-16(17)19/h7,9-10,13-16,19H,2-6,8H2,1H3/t13-,14-,15+,16+,17+/m1/s1. The molecule has 5 atom stereocenters. The molecule has 1 aromatic heterocycles. The van der Waals surface area contributed by atoms with Crippen LogP contribution in [0.1, 0.15) is 56.1 Å². The molecule has 2 saturated carbocycles. The molecule has 2 fully saturated rings. The van der Waals surface area contributed by atoms with Crippen LogP contribution in [0.15, 0.2) is 18.5 Å². The maximum Gasteiger partial charge on any atom is 0.183 e. The van der Waals surface area contributed by atoms with Gasteiger partial charge in [-0.2, -0.15) is 4.73 Å². The lowest BCUT2D eigenvalue weighted by atomic mass is 9.55. The van der Waals surface area contributed by atoms with Crippen LogP contribution < -0.4 is 4.73 Å². The van der Waals surface area contributed by atoms with Crippen LogP contribution in [0.4, 0.5) is 0 Å². The molecule has 0 spiro atoms. The highest BCUT2D eigenvalue weighted by atomic mass is 16.5. The summed E-state index contributed by atoms with van der Waals surface area (Å²) >= 11 is 0. The van der Waals surface area contributed by atoms with Gasteiger partial charge in [0.25, 0.3) is 0 Å². The van der Waals surface area contributed by atoms with E-state index in [1.807, 2.05) is 6.07 Å². The Balaban J connectivity index is 1.71. The van der Waals surface area contributed by atoms with Crippen LogP contribution in [0, 0.1) is 22.5 Å². The highest BCUT2D eigenvalue weighted by Crippen LogP contribution is 2.60. The molecule has 1 N–H and O–H groups in total. The molecule has 0 aromatic carbocycles. The highest BCUT2D eigenvalue weighted by Gasteiger charge is 2.54. The molecule has 4 rings (SSSR count). The van der Waals surface area contributed by atoms with Crippen molar-refractivity contribution in [3.8, 4) is 0 Å². The fourth-order valence-corrected chi connectivity index (χ4v) is 5.47. The molecule has 0 unspecified atom stereocenters. The van der Waals surface area contributed by atoms with Crippen LogP contribution in [0.3, 0.4) is 0 Å². The normalized spacial score (nSPS) is 42.7. The Morgan fingerprint density at radius 2 is 2.15 bits per heavy atom. The van der Waals surface area contributed by atoms with Gasteiger partial charge in [0.15, 0.2) is 12.4 Å². The third kappa shape index (κ3) is 1.59. The van der Waals surface area contributed by atoms with Gasteiger partial charge in [-0.1, -0.05) is 6.92 Å². The Hall–Kier alpha value is -1.09. The first-order valence-corrected chi connectivity index (χ1v) is 7.99. The predicted octanol–water partition coefficient (Wildman–Crippen LogP) is 2.54. The average molecular weight is 273 g/mol. The molecule has 3 aliphatic carbocycles. The molecule has 3 aliphatic rings. The summed E-state index contributed by atoms with van der Waals surface area (Å²) in [4.78, 5) is 0. The lowest BCUT2D eigenvalue weighted by Gasteiger charge is -2.49. The molecule has 0 bridgehead atoms. The Labute approximate surface area is 120 Å². The fraction of sp³-hybridized carbons (Fsp3) is 0.706. The Bertz CT molecular complexity index is 544. The second kappa shape index (κ2) is 4.20. The number of aromatic nitrogens is 1. The van der Waals surface area contributed by atoms with Crippen molar-refractivity contribution in [3.63, 3.8) is 0 Å². The zero-order valence-corrected chi connectivity index (χ0v) is 12.1. The van der Waals surface area contributed by atoms with Gasteiger partial charge in [0.1, 0.15) is 0 Å². The maximum atomic E-state index is 11.5. The molecular formula is C17H23NO2. The predicted molar refractivity (Wildman–Crippen MR) is 76.0 cm³/mol. The summed E-state index contributed by atoms with van der Waals surface area (Å²) in [5, 5.41) is 21.8. The van der Waals surface area contributed by atoms with Crippen LogP contribution >= 0.6 is 0 Å². The first-order chi connectivity index (χ1) is 9.59. The molecule has 20 heavy (non-hydrogen) atoms. The van der Waals surface area contributed by atoms with Gasteiger partial charge in [-0.3, -0.25) is 0 Å². The number of rotatable bonds is 0. The van der Waals surface area contributed by atoms with E-state index in [0.717, 1.165) is 24.0 Å². The third-order valence-corrected chi connectivity index (χ3v) is 6.59. The van der Waals surface area contributed by atoms with Crippen LogP contribution in [0.25, 0.3) is 0 Å². The van der Waals surface area contributed by atoms with Gasteiger partial charge in [-0.15, -0.1) is 0 Å². The molecule has 3 heteroatoms. The minimum Gasteiger partial charge on any atom is -0.619 e. The molecule has 0 amide bonds.